The van der Waals surface area contributed by atoms with Crippen LogP contribution in [-0.4, -0.2) is 10.8 Å². The Labute approximate surface area is 95.0 Å². The summed E-state index contributed by atoms with van der Waals surface area (Å²) in [5.74, 6) is 0.110. The maximum atomic E-state index is 11.9. The average Bonchev–Trinajstić information content (AvgIpc) is 2.31. The molecule has 0 amide bonds. The Balaban J connectivity index is 2.12. The van der Waals surface area contributed by atoms with Gasteiger partial charge in [-0.2, -0.15) is 0 Å². The molecule has 0 aliphatic carbocycles. The van der Waals surface area contributed by atoms with E-state index in [0.29, 0.717) is 6.42 Å². The Morgan fingerprint density at radius 2 is 1.88 bits per heavy atom. The SMILES string of the molecule is Cc1ccc(C(=O)Cc2ccccn2)cc1. The van der Waals surface area contributed by atoms with Crippen LogP contribution in [0.1, 0.15) is 21.6 Å². The average molecular weight is 211 g/mol. The second-order valence-electron chi connectivity index (χ2n) is 3.79. The second kappa shape index (κ2) is 4.71. The lowest BCUT2D eigenvalue weighted by Gasteiger charge is -2.01. The van der Waals surface area contributed by atoms with E-state index in [-0.39, 0.29) is 5.78 Å². The van der Waals surface area contributed by atoms with Crippen LogP contribution in [0.15, 0.2) is 48.7 Å². The number of benzene rings is 1. The van der Waals surface area contributed by atoms with Crippen molar-refractivity contribution in [3.8, 4) is 0 Å². The third-order valence-corrected chi connectivity index (χ3v) is 2.44. The third-order valence-electron chi connectivity index (χ3n) is 2.44. The van der Waals surface area contributed by atoms with Gasteiger partial charge in [-0.05, 0) is 19.1 Å². The molecule has 0 saturated carbocycles. The molecule has 2 rings (SSSR count). The van der Waals surface area contributed by atoms with Gasteiger partial charge in [0.05, 0.1) is 6.42 Å². The van der Waals surface area contributed by atoms with Crippen LogP contribution >= 0.6 is 0 Å². The van der Waals surface area contributed by atoms with Crippen LogP contribution < -0.4 is 0 Å². The van der Waals surface area contributed by atoms with Crippen LogP contribution in [0.5, 0.6) is 0 Å². The van der Waals surface area contributed by atoms with Crippen LogP contribution in [-0.2, 0) is 6.42 Å². The molecule has 1 aromatic heterocycles. The zero-order valence-corrected chi connectivity index (χ0v) is 9.18. The molecule has 1 aromatic carbocycles. The zero-order chi connectivity index (χ0) is 11.4. The third kappa shape index (κ3) is 2.54. The Bertz CT molecular complexity index is 474. The number of carbonyl (C=O) groups excluding carboxylic acids is 1. The Hall–Kier alpha value is -1.96. The van der Waals surface area contributed by atoms with E-state index in [1.807, 2.05) is 49.4 Å². The minimum Gasteiger partial charge on any atom is -0.294 e. The van der Waals surface area contributed by atoms with Gasteiger partial charge >= 0.3 is 0 Å². The summed E-state index contributed by atoms with van der Waals surface area (Å²) in [6.45, 7) is 2.01. The monoisotopic (exact) mass is 211 g/mol. The summed E-state index contributed by atoms with van der Waals surface area (Å²) >= 11 is 0. The molecule has 2 nitrogen and oxygen atoms in total. The number of ketones is 1. The van der Waals surface area contributed by atoms with E-state index in [0.717, 1.165) is 16.8 Å². The van der Waals surface area contributed by atoms with Gasteiger partial charge in [-0.25, -0.2) is 0 Å². The number of rotatable bonds is 3. The van der Waals surface area contributed by atoms with Gasteiger partial charge < -0.3 is 0 Å². The zero-order valence-electron chi connectivity index (χ0n) is 9.18. The summed E-state index contributed by atoms with van der Waals surface area (Å²) in [5, 5.41) is 0. The quantitative estimate of drug-likeness (QED) is 0.731. The topological polar surface area (TPSA) is 30.0 Å². The number of hydrogen-bond donors (Lipinski definition) is 0. The van der Waals surface area contributed by atoms with E-state index in [1.54, 1.807) is 6.20 Å². The molecule has 16 heavy (non-hydrogen) atoms. The molecule has 2 aromatic rings. The molecular formula is C14H13NO. The molecular weight excluding hydrogens is 198 g/mol. The van der Waals surface area contributed by atoms with Crippen molar-refractivity contribution in [2.75, 3.05) is 0 Å². The molecule has 1 heterocycles. The maximum Gasteiger partial charge on any atom is 0.168 e. The van der Waals surface area contributed by atoms with Gasteiger partial charge in [0.1, 0.15) is 0 Å². The molecule has 0 bridgehead atoms. The standard InChI is InChI=1S/C14H13NO/c1-11-5-7-12(8-6-11)14(16)10-13-4-2-3-9-15-13/h2-9H,10H2,1H3. The molecule has 80 valence electrons. The number of Topliss-reactive ketones (excluding diaryl/α,β-unsaturated/α-hetero) is 1. The number of aryl methyl sites for hydroxylation is 1. The highest BCUT2D eigenvalue weighted by Crippen LogP contribution is 2.07. The van der Waals surface area contributed by atoms with Gasteiger partial charge in [-0.3, -0.25) is 9.78 Å². The normalized spacial score (nSPS) is 10.1. The minimum atomic E-state index is 0.110. The van der Waals surface area contributed by atoms with Crippen molar-refractivity contribution in [1.82, 2.24) is 4.98 Å². The van der Waals surface area contributed by atoms with Crippen LogP contribution in [0.25, 0.3) is 0 Å². The van der Waals surface area contributed by atoms with E-state index >= 15 is 0 Å². The van der Waals surface area contributed by atoms with Crippen LogP contribution in [0.2, 0.25) is 0 Å². The Morgan fingerprint density at radius 3 is 2.50 bits per heavy atom. The number of aromatic nitrogens is 1. The van der Waals surface area contributed by atoms with Gasteiger partial charge in [0, 0.05) is 17.5 Å². The van der Waals surface area contributed by atoms with E-state index < -0.39 is 0 Å². The summed E-state index contributed by atoms with van der Waals surface area (Å²) < 4.78 is 0. The van der Waals surface area contributed by atoms with Crippen molar-refractivity contribution in [3.05, 3.63) is 65.5 Å². The highest BCUT2D eigenvalue weighted by molar-refractivity contribution is 5.97. The Kier molecular flexibility index (Phi) is 3.10. The summed E-state index contributed by atoms with van der Waals surface area (Å²) in [4.78, 5) is 16.0. The molecule has 0 spiro atoms. The molecule has 0 saturated heterocycles. The predicted molar refractivity (Wildman–Crippen MR) is 63.5 cm³/mol. The van der Waals surface area contributed by atoms with E-state index in [4.69, 9.17) is 0 Å². The summed E-state index contributed by atoms with van der Waals surface area (Å²) in [6.07, 6.45) is 2.07. The number of nitrogens with zero attached hydrogens (tertiary/aromatic N) is 1. The van der Waals surface area contributed by atoms with Crippen molar-refractivity contribution < 1.29 is 4.79 Å². The van der Waals surface area contributed by atoms with Crippen molar-refractivity contribution in [1.29, 1.82) is 0 Å². The molecule has 0 aliphatic rings. The fraction of sp³-hybridized carbons (Fsp3) is 0.143. The van der Waals surface area contributed by atoms with Gasteiger partial charge in [0.15, 0.2) is 5.78 Å². The van der Waals surface area contributed by atoms with Crippen molar-refractivity contribution in [3.63, 3.8) is 0 Å². The molecule has 0 unspecified atom stereocenters. The number of hydrogen-bond acceptors (Lipinski definition) is 2. The smallest absolute Gasteiger partial charge is 0.168 e. The lowest BCUT2D eigenvalue weighted by atomic mass is 10.0. The van der Waals surface area contributed by atoms with Crippen LogP contribution in [0.3, 0.4) is 0 Å². The predicted octanol–water partition coefficient (Wildman–Crippen LogP) is 2.82. The first-order valence-corrected chi connectivity index (χ1v) is 5.25. The number of carbonyl (C=O) groups is 1. The van der Waals surface area contributed by atoms with Crippen LogP contribution in [0, 0.1) is 6.92 Å². The first-order chi connectivity index (χ1) is 7.75. The first-order valence-electron chi connectivity index (χ1n) is 5.25. The van der Waals surface area contributed by atoms with Gasteiger partial charge in [-0.15, -0.1) is 0 Å². The van der Waals surface area contributed by atoms with Crippen molar-refractivity contribution in [2.24, 2.45) is 0 Å². The number of pyridine rings is 1. The van der Waals surface area contributed by atoms with Gasteiger partial charge in [0.2, 0.25) is 0 Å². The Morgan fingerprint density at radius 1 is 1.12 bits per heavy atom. The van der Waals surface area contributed by atoms with Gasteiger partial charge in [0.25, 0.3) is 0 Å². The fourth-order valence-corrected chi connectivity index (χ4v) is 1.51. The molecule has 0 aliphatic heterocycles. The fourth-order valence-electron chi connectivity index (χ4n) is 1.51. The summed E-state index contributed by atoms with van der Waals surface area (Å²) in [7, 11) is 0. The van der Waals surface area contributed by atoms with E-state index in [1.165, 1.54) is 0 Å². The summed E-state index contributed by atoms with van der Waals surface area (Å²) in [6, 6.07) is 13.2. The largest absolute Gasteiger partial charge is 0.294 e. The molecule has 0 fully saturated rings. The minimum absolute atomic E-state index is 0.110. The van der Waals surface area contributed by atoms with Gasteiger partial charge in [-0.1, -0.05) is 35.9 Å². The second-order valence-corrected chi connectivity index (χ2v) is 3.79. The molecule has 0 atom stereocenters. The van der Waals surface area contributed by atoms with E-state index in [2.05, 4.69) is 4.98 Å². The van der Waals surface area contributed by atoms with Crippen molar-refractivity contribution >= 4 is 5.78 Å². The molecule has 2 heteroatoms. The lowest BCUT2D eigenvalue weighted by molar-refractivity contribution is 0.0992. The first kappa shape index (κ1) is 10.6. The highest BCUT2D eigenvalue weighted by atomic mass is 16.1. The lowest BCUT2D eigenvalue weighted by Crippen LogP contribution is -2.04. The summed E-state index contributed by atoms with van der Waals surface area (Å²) in [5.41, 5.74) is 2.72. The molecule has 0 N–H and O–H groups in total. The van der Waals surface area contributed by atoms with E-state index in [9.17, 15) is 4.79 Å². The van der Waals surface area contributed by atoms with Crippen LogP contribution in [0.4, 0.5) is 0 Å². The maximum absolute atomic E-state index is 11.9. The highest BCUT2D eigenvalue weighted by Gasteiger charge is 2.06. The van der Waals surface area contributed by atoms with Crippen molar-refractivity contribution in [2.45, 2.75) is 13.3 Å². The molecule has 0 radical (unpaired) electrons.